The Morgan fingerprint density at radius 3 is 2.19 bits per heavy atom. The number of hydrogen-bond acceptors (Lipinski definition) is 4. The highest BCUT2D eigenvalue weighted by atomic mass is 16.4. The highest BCUT2D eigenvalue weighted by molar-refractivity contribution is 5.30. The summed E-state index contributed by atoms with van der Waals surface area (Å²) in [5.41, 5.74) is 0. The van der Waals surface area contributed by atoms with E-state index in [1.54, 1.807) is 0 Å². The van der Waals surface area contributed by atoms with E-state index in [0.29, 0.717) is 6.42 Å². The van der Waals surface area contributed by atoms with Gasteiger partial charge in [-0.25, -0.2) is 0 Å². The van der Waals surface area contributed by atoms with E-state index in [9.17, 15) is 15.3 Å². The molecule has 0 aromatic rings. The minimum Gasteiger partial charge on any atom is -0.390 e. The molecule has 0 bridgehead atoms. The molecule has 0 aromatic carbocycles. The van der Waals surface area contributed by atoms with Crippen molar-refractivity contribution in [3.8, 4) is 23.7 Å². The Morgan fingerprint density at radius 2 is 1.57 bits per heavy atom. The lowest BCUT2D eigenvalue weighted by Gasteiger charge is -2.19. The molecule has 0 radical (unpaired) electrons. The Hall–Kier alpha value is -1.30. The van der Waals surface area contributed by atoms with Crippen molar-refractivity contribution in [1.29, 1.82) is 0 Å². The van der Waals surface area contributed by atoms with Gasteiger partial charge in [0.1, 0.15) is 18.3 Å². The topological polar surface area (TPSA) is 80.9 Å². The van der Waals surface area contributed by atoms with Gasteiger partial charge in [0.05, 0.1) is 6.10 Å². The minimum absolute atomic E-state index is 0.435. The molecule has 0 aliphatic heterocycles. The predicted molar refractivity (Wildman–Crippen MR) is 83.2 cm³/mol. The van der Waals surface area contributed by atoms with Crippen LogP contribution in [0.4, 0.5) is 0 Å². The zero-order valence-corrected chi connectivity index (χ0v) is 12.6. The number of rotatable bonds is 9. The molecule has 0 saturated heterocycles. The van der Waals surface area contributed by atoms with E-state index in [1.165, 1.54) is 12.5 Å². The molecule has 0 rings (SSSR count). The van der Waals surface area contributed by atoms with Crippen molar-refractivity contribution in [3.63, 3.8) is 0 Å². The van der Waals surface area contributed by atoms with Crippen LogP contribution >= 0.6 is 0 Å². The van der Waals surface area contributed by atoms with Crippen LogP contribution in [-0.4, -0.2) is 44.8 Å². The standard InChI is InChI=1S/C17H26O4/c1-3-5-6-7-8-12-15(19)17(21)16(20)13-10-9-11-14(18)4-2/h4,14-21H,2-3,5-8,12H2,1H3/t14-,15-,16+,17+/m1/s1. The lowest BCUT2D eigenvalue weighted by Crippen LogP contribution is -2.36. The van der Waals surface area contributed by atoms with Crippen LogP contribution < -0.4 is 0 Å². The summed E-state index contributed by atoms with van der Waals surface area (Å²) in [6.07, 6.45) is 2.31. The van der Waals surface area contributed by atoms with Gasteiger partial charge in [-0.15, -0.1) is 0 Å². The maximum absolute atomic E-state index is 9.76. The van der Waals surface area contributed by atoms with Gasteiger partial charge in [0.25, 0.3) is 0 Å². The molecule has 0 amide bonds. The van der Waals surface area contributed by atoms with E-state index < -0.39 is 24.4 Å². The fourth-order valence-corrected chi connectivity index (χ4v) is 1.70. The monoisotopic (exact) mass is 294 g/mol. The van der Waals surface area contributed by atoms with Crippen molar-refractivity contribution >= 4 is 0 Å². The summed E-state index contributed by atoms with van der Waals surface area (Å²) >= 11 is 0. The van der Waals surface area contributed by atoms with Crippen molar-refractivity contribution in [2.75, 3.05) is 0 Å². The normalized spacial score (nSPS) is 15.7. The first-order valence-corrected chi connectivity index (χ1v) is 7.38. The van der Waals surface area contributed by atoms with Crippen LogP contribution in [0, 0.1) is 23.7 Å². The van der Waals surface area contributed by atoms with E-state index in [4.69, 9.17) is 5.11 Å². The fourth-order valence-electron chi connectivity index (χ4n) is 1.70. The summed E-state index contributed by atoms with van der Waals surface area (Å²) < 4.78 is 0. The van der Waals surface area contributed by atoms with Crippen molar-refractivity contribution in [3.05, 3.63) is 12.7 Å². The van der Waals surface area contributed by atoms with Crippen molar-refractivity contribution in [2.45, 2.75) is 69.9 Å². The van der Waals surface area contributed by atoms with Crippen molar-refractivity contribution in [2.24, 2.45) is 0 Å². The number of aliphatic hydroxyl groups is 4. The first-order valence-electron chi connectivity index (χ1n) is 7.38. The zero-order valence-electron chi connectivity index (χ0n) is 12.6. The van der Waals surface area contributed by atoms with E-state index in [-0.39, 0.29) is 0 Å². The van der Waals surface area contributed by atoms with Crippen LogP contribution in [0.2, 0.25) is 0 Å². The lowest BCUT2D eigenvalue weighted by molar-refractivity contribution is -0.0415. The molecule has 4 atom stereocenters. The van der Waals surface area contributed by atoms with Gasteiger partial charge < -0.3 is 20.4 Å². The fraction of sp³-hybridized carbons (Fsp3) is 0.647. The first kappa shape index (κ1) is 19.7. The van der Waals surface area contributed by atoms with Crippen LogP contribution in [0.15, 0.2) is 12.7 Å². The van der Waals surface area contributed by atoms with Crippen LogP contribution in [-0.2, 0) is 0 Å². The van der Waals surface area contributed by atoms with Gasteiger partial charge in [-0.05, 0) is 18.3 Å². The average Bonchev–Trinajstić information content (AvgIpc) is 2.49. The molecule has 0 spiro atoms. The van der Waals surface area contributed by atoms with Gasteiger partial charge in [-0.1, -0.05) is 63.5 Å². The molecular formula is C17H26O4. The minimum atomic E-state index is -1.36. The molecule has 0 aromatic heterocycles. The summed E-state index contributed by atoms with van der Waals surface area (Å²) in [6.45, 7) is 5.48. The third-order valence-corrected chi connectivity index (χ3v) is 3.05. The Labute approximate surface area is 127 Å². The largest absolute Gasteiger partial charge is 0.390 e. The second kappa shape index (κ2) is 12.4. The quantitative estimate of drug-likeness (QED) is 0.290. The first-order chi connectivity index (χ1) is 10.0. The Balaban J connectivity index is 4.11. The average molecular weight is 294 g/mol. The molecule has 0 aliphatic rings. The highest BCUT2D eigenvalue weighted by Crippen LogP contribution is 2.11. The van der Waals surface area contributed by atoms with Crippen LogP contribution in [0.5, 0.6) is 0 Å². The van der Waals surface area contributed by atoms with Gasteiger partial charge >= 0.3 is 0 Å². The van der Waals surface area contributed by atoms with E-state index in [1.807, 2.05) is 0 Å². The molecule has 118 valence electrons. The van der Waals surface area contributed by atoms with Gasteiger partial charge in [-0.2, -0.15) is 0 Å². The van der Waals surface area contributed by atoms with Gasteiger partial charge in [0.15, 0.2) is 0 Å². The molecular weight excluding hydrogens is 268 g/mol. The molecule has 0 unspecified atom stereocenters. The van der Waals surface area contributed by atoms with Gasteiger partial charge in [-0.3, -0.25) is 0 Å². The maximum atomic E-state index is 9.76. The Morgan fingerprint density at radius 1 is 0.952 bits per heavy atom. The second-order valence-corrected chi connectivity index (χ2v) is 4.92. The van der Waals surface area contributed by atoms with Gasteiger partial charge in [0.2, 0.25) is 0 Å². The number of unbranched alkanes of at least 4 members (excludes halogenated alkanes) is 4. The Bertz CT molecular complexity index is 396. The van der Waals surface area contributed by atoms with E-state index in [2.05, 4.69) is 37.2 Å². The summed E-state index contributed by atoms with van der Waals surface area (Å²) in [5.74, 6) is 9.37. The Kier molecular flexibility index (Phi) is 11.7. The third kappa shape index (κ3) is 10.1. The molecule has 0 heterocycles. The molecule has 0 saturated carbocycles. The van der Waals surface area contributed by atoms with Gasteiger partial charge in [0, 0.05) is 0 Å². The van der Waals surface area contributed by atoms with E-state index >= 15 is 0 Å². The highest BCUT2D eigenvalue weighted by Gasteiger charge is 2.22. The summed E-state index contributed by atoms with van der Waals surface area (Å²) in [4.78, 5) is 0. The van der Waals surface area contributed by atoms with Crippen LogP contribution in [0.1, 0.15) is 45.4 Å². The number of hydrogen-bond donors (Lipinski definition) is 4. The SMILES string of the molecule is C=C[C@@H](O)C#CC#C[C@H](O)[C@@H](O)[C@H](O)CCCCCCC. The molecule has 21 heavy (non-hydrogen) atoms. The van der Waals surface area contributed by atoms with E-state index in [0.717, 1.165) is 25.7 Å². The molecule has 0 fully saturated rings. The van der Waals surface area contributed by atoms with Crippen LogP contribution in [0.3, 0.4) is 0 Å². The third-order valence-electron chi connectivity index (χ3n) is 3.05. The lowest BCUT2D eigenvalue weighted by atomic mass is 10.0. The molecule has 4 N–H and O–H groups in total. The predicted octanol–water partition coefficient (Wildman–Crippen LogP) is 0.983. The summed E-state index contributed by atoms with van der Waals surface area (Å²) in [5, 5.41) is 38.2. The zero-order chi connectivity index (χ0) is 16.1. The second-order valence-electron chi connectivity index (χ2n) is 4.92. The molecule has 4 heteroatoms. The maximum Gasteiger partial charge on any atom is 0.144 e. The molecule has 4 nitrogen and oxygen atoms in total. The smallest absolute Gasteiger partial charge is 0.144 e. The van der Waals surface area contributed by atoms with Crippen molar-refractivity contribution in [1.82, 2.24) is 0 Å². The number of aliphatic hydroxyl groups excluding tert-OH is 4. The summed E-state index contributed by atoms with van der Waals surface area (Å²) in [6, 6.07) is 0. The van der Waals surface area contributed by atoms with Crippen molar-refractivity contribution < 1.29 is 20.4 Å². The summed E-state index contributed by atoms with van der Waals surface area (Å²) in [7, 11) is 0. The van der Waals surface area contributed by atoms with Crippen LogP contribution in [0.25, 0.3) is 0 Å². The molecule has 0 aliphatic carbocycles.